The van der Waals surface area contributed by atoms with Crippen molar-refractivity contribution in [2.24, 2.45) is 5.92 Å². The highest BCUT2D eigenvalue weighted by molar-refractivity contribution is 5.91. The highest BCUT2D eigenvalue weighted by atomic mass is 16.5. The molecule has 0 spiro atoms. The number of fused-ring (bicyclic) bond motifs is 4. The molecule has 2 aromatic rings. The average Bonchev–Trinajstić information content (AvgIpc) is 2.77. The Balaban J connectivity index is 1.64. The summed E-state index contributed by atoms with van der Waals surface area (Å²) < 4.78 is 11.6. The van der Waals surface area contributed by atoms with Crippen molar-refractivity contribution in [2.75, 3.05) is 30.5 Å². The molecule has 0 radical (unpaired) electrons. The SMILES string of the molecule is O=C(O)c1ccc2cc1OCCCCOC[C@H](C1C=CC=CC1)Nc1nc([nH]c(=O)n1)N2. The van der Waals surface area contributed by atoms with Gasteiger partial charge in [0.1, 0.15) is 11.3 Å². The molecule has 0 saturated heterocycles. The van der Waals surface area contributed by atoms with Gasteiger partial charge in [-0.05, 0) is 31.4 Å². The smallest absolute Gasteiger partial charge is 0.351 e. The van der Waals surface area contributed by atoms with Gasteiger partial charge in [-0.1, -0.05) is 24.3 Å². The van der Waals surface area contributed by atoms with Crippen LogP contribution in [0.2, 0.25) is 0 Å². The number of allylic oxidation sites excluding steroid dienone is 3. The van der Waals surface area contributed by atoms with E-state index in [2.05, 4.69) is 37.7 Å². The fraction of sp³-hybridized carbons (Fsp3) is 0.364. The summed E-state index contributed by atoms with van der Waals surface area (Å²) >= 11 is 0. The van der Waals surface area contributed by atoms with E-state index in [0.717, 1.165) is 19.3 Å². The molecule has 1 aliphatic heterocycles. The fourth-order valence-corrected chi connectivity index (χ4v) is 3.58. The molecule has 2 atom stereocenters. The second-order valence-electron chi connectivity index (χ2n) is 7.56. The lowest BCUT2D eigenvalue weighted by atomic mass is 9.93. The Labute approximate surface area is 184 Å². The lowest BCUT2D eigenvalue weighted by molar-refractivity contribution is 0.0691. The first-order chi connectivity index (χ1) is 15.6. The molecule has 0 fully saturated rings. The van der Waals surface area contributed by atoms with Gasteiger partial charge >= 0.3 is 11.7 Å². The van der Waals surface area contributed by atoms with Gasteiger partial charge in [-0.2, -0.15) is 9.97 Å². The molecule has 1 aromatic heterocycles. The van der Waals surface area contributed by atoms with Crippen molar-refractivity contribution in [2.45, 2.75) is 25.3 Å². The van der Waals surface area contributed by atoms with Gasteiger partial charge in [-0.3, -0.25) is 4.98 Å². The van der Waals surface area contributed by atoms with Crippen LogP contribution in [0.15, 0.2) is 47.3 Å². The molecule has 4 N–H and O–H groups in total. The van der Waals surface area contributed by atoms with Crippen LogP contribution in [0.1, 0.15) is 29.6 Å². The highest BCUT2D eigenvalue weighted by Gasteiger charge is 2.21. The third kappa shape index (κ3) is 5.52. The Morgan fingerprint density at radius 3 is 2.84 bits per heavy atom. The van der Waals surface area contributed by atoms with Crippen LogP contribution in [0.3, 0.4) is 0 Å². The quantitative estimate of drug-likeness (QED) is 0.556. The minimum absolute atomic E-state index is 0.0591. The van der Waals surface area contributed by atoms with E-state index >= 15 is 0 Å². The standard InChI is InChI=1S/C22H25N5O5/c28-19(29)16-9-8-15-12-18(16)32-11-5-4-10-31-13-17(14-6-2-1-3-7-14)24-21-25-20(23-15)26-22(30)27-21/h1-3,6,8-9,12,14,17H,4-5,7,10-11,13H2,(H,28,29)(H3,23,24,25,26,27,30)/t14?,17-/m1/s1. The largest absolute Gasteiger partial charge is 0.493 e. The zero-order valence-corrected chi connectivity index (χ0v) is 17.4. The van der Waals surface area contributed by atoms with Gasteiger partial charge < -0.3 is 25.2 Å². The van der Waals surface area contributed by atoms with Gasteiger partial charge in [-0.15, -0.1) is 0 Å². The normalized spacial score (nSPS) is 21.1. The van der Waals surface area contributed by atoms with Crippen LogP contribution in [0.5, 0.6) is 5.75 Å². The first kappa shape index (κ1) is 21.6. The van der Waals surface area contributed by atoms with E-state index in [-0.39, 0.29) is 35.2 Å². The summed E-state index contributed by atoms with van der Waals surface area (Å²) in [5.74, 6) is -0.315. The van der Waals surface area contributed by atoms with E-state index in [1.54, 1.807) is 12.1 Å². The number of aromatic nitrogens is 3. The van der Waals surface area contributed by atoms with Gasteiger partial charge in [0.05, 0.1) is 19.3 Å². The predicted octanol–water partition coefficient (Wildman–Crippen LogP) is 2.71. The first-order valence-electron chi connectivity index (χ1n) is 10.5. The number of hydrogen-bond acceptors (Lipinski definition) is 8. The number of anilines is 3. The number of aromatic amines is 1. The van der Waals surface area contributed by atoms with Crippen LogP contribution < -0.4 is 21.1 Å². The molecular formula is C22H25N5O5. The number of benzene rings is 1. The summed E-state index contributed by atoms with van der Waals surface area (Å²) in [4.78, 5) is 34.5. The average molecular weight is 439 g/mol. The van der Waals surface area contributed by atoms with Gasteiger partial charge in [0, 0.05) is 24.3 Å². The number of rotatable bonds is 2. The lowest BCUT2D eigenvalue weighted by Crippen LogP contribution is -2.35. The van der Waals surface area contributed by atoms with E-state index in [4.69, 9.17) is 9.47 Å². The lowest BCUT2D eigenvalue weighted by Gasteiger charge is -2.26. The zero-order valence-electron chi connectivity index (χ0n) is 17.4. The molecule has 32 heavy (non-hydrogen) atoms. The van der Waals surface area contributed by atoms with Gasteiger partial charge in [-0.25, -0.2) is 9.59 Å². The van der Waals surface area contributed by atoms with Gasteiger partial charge in [0.25, 0.3) is 0 Å². The molecule has 2 heterocycles. The first-order valence-corrected chi connectivity index (χ1v) is 10.5. The Morgan fingerprint density at radius 2 is 2.03 bits per heavy atom. The van der Waals surface area contributed by atoms with E-state index in [0.29, 0.717) is 25.5 Å². The number of carboxylic acids is 1. The van der Waals surface area contributed by atoms with Crippen LogP contribution >= 0.6 is 0 Å². The minimum atomic E-state index is -1.08. The van der Waals surface area contributed by atoms with Crippen molar-refractivity contribution in [1.82, 2.24) is 15.0 Å². The van der Waals surface area contributed by atoms with Gasteiger partial charge in [0.2, 0.25) is 11.9 Å². The van der Waals surface area contributed by atoms with Crippen LogP contribution in [0.4, 0.5) is 17.6 Å². The number of ether oxygens (including phenoxy) is 2. The Morgan fingerprint density at radius 1 is 1.16 bits per heavy atom. The second-order valence-corrected chi connectivity index (χ2v) is 7.56. The molecule has 4 rings (SSSR count). The molecule has 10 heteroatoms. The maximum atomic E-state index is 12.1. The van der Waals surface area contributed by atoms with Crippen molar-refractivity contribution < 1.29 is 19.4 Å². The number of H-pyrrole nitrogens is 1. The Kier molecular flexibility index (Phi) is 6.81. The van der Waals surface area contributed by atoms with Crippen molar-refractivity contribution in [3.05, 3.63) is 58.6 Å². The Hall–Kier alpha value is -3.66. The van der Waals surface area contributed by atoms with Crippen LogP contribution in [-0.4, -0.2) is 51.9 Å². The molecule has 0 saturated carbocycles. The molecule has 0 amide bonds. The maximum absolute atomic E-state index is 12.1. The summed E-state index contributed by atoms with van der Waals surface area (Å²) in [6.07, 6.45) is 10.5. The number of nitrogens with zero attached hydrogens (tertiary/aromatic N) is 2. The van der Waals surface area contributed by atoms with E-state index in [1.807, 2.05) is 12.2 Å². The van der Waals surface area contributed by atoms with Crippen molar-refractivity contribution in [1.29, 1.82) is 0 Å². The molecule has 4 bridgehead atoms. The number of carbonyl (C=O) groups is 1. The summed E-state index contributed by atoms with van der Waals surface area (Å²) in [7, 11) is 0. The molecular weight excluding hydrogens is 414 g/mol. The molecule has 2 aliphatic rings. The number of hydrogen-bond donors (Lipinski definition) is 4. The minimum Gasteiger partial charge on any atom is -0.493 e. The van der Waals surface area contributed by atoms with E-state index in [1.165, 1.54) is 6.07 Å². The fourth-order valence-electron chi connectivity index (χ4n) is 3.58. The topological polar surface area (TPSA) is 138 Å². The molecule has 1 aliphatic carbocycles. The third-order valence-electron chi connectivity index (χ3n) is 5.21. The summed E-state index contributed by atoms with van der Waals surface area (Å²) in [5.41, 5.74) is 0.0185. The second kappa shape index (κ2) is 10.1. The number of carboxylic acid groups (broad SMARTS) is 1. The summed E-state index contributed by atoms with van der Waals surface area (Å²) in [5, 5.41) is 15.7. The van der Waals surface area contributed by atoms with Crippen molar-refractivity contribution in [3.63, 3.8) is 0 Å². The van der Waals surface area contributed by atoms with Crippen LogP contribution in [-0.2, 0) is 4.74 Å². The van der Waals surface area contributed by atoms with Crippen LogP contribution in [0, 0.1) is 5.92 Å². The highest BCUT2D eigenvalue weighted by Crippen LogP contribution is 2.26. The maximum Gasteiger partial charge on any atom is 0.351 e. The van der Waals surface area contributed by atoms with Crippen molar-refractivity contribution >= 4 is 23.6 Å². The van der Waals surface area contributed by atoms with E-state index in [9.17, 15) is 14.7 Å². The molecule has 10 nitrogen and oxygen atoms in total. The third-order valence-corrected chi connectivity index (χ3v) is 5.21. The Bertz CT molecular complexity index is 1080. The van der Waals surface area contributed by atoms with Crippen molar-refractivity contribution in [3.8, 4) is 5.75 Å². The van der Waals surface area contributed by atoms with Gasteiger partial charge in [0.15, 0.2) is 0 Å². The monoisotopic (exact) mass is 439 g/mol. The molecule has 1 aromatic carbocycles. The molecule has 1 unspecified atom stereocenters. The zero-order chi connectivity index (χ0) is 22.3. The van der Waals surface area contributed by atoms with Crippen LogP contribution in [0.25, 0.3) is 0 Å². The predicted molar refractivity (Wildman–Crippen MR) is 119 cm³/mol. The molecule has 168 valence electrons. The summed E-state index contributed by atoms with van der Waals surface area (Å²) in [6.45, 7) is 1.31. The number of aromatic carboxylic acids is 1. The summed E-state index contributed by atoms with van der Waals surface area (Å²) in [6, 6.07) is 4.49. The number of nitrogens with one attached hydrogen (secondary N) is 3. The van der Waals surface area contributed by atoms with E-state index < -0.39 is 11.7 Å².